The summed E-state index contributed by atoms with van der Waals surface area (Å²) in [6.07, 6.45) is 0.399. The van der Waals surface area contributed by atoms with Gasteiger partial charge in [0.25, 0.3) is 0 Å². The predicted molar refractivity (Wildman–Crippen MR) is 122 cm³/mol. The van der Waals surface area contributed by atoms with Gasteiger partial charge in [-0.05, 0) is 66.4 Å². The topological polar surface area (TPSA) is 52.6 Å². The molecule has 3 aromatic rings. The third-order valence-corrected chi connectivity index (χ3v) is 4.68. The molecule has 0 aliphatic carbocycles. The average molecular weight is 430 g/mol. The number of hydrogen-bond acceptors (Lipinski definition) is 4. The summed E-state index contributed by atoms with van der Waals surface area (Å²) in [5.41, 5.74) is 3.58. The Morgan fingerprint density at radius 1 is 0.750 bits per heavy atom. The number of benzene rings is 3. The Balaban J connectivity index is 1.69. The van der Waals surface area contributed by atoms with E-state index < -0.39 is 11.9 Å². The molecule has 0 aromatic heterocycles. The molecule has 0 amide bonds. The molecule has 0 aliphatic rings. The number of carbonyl (C=O) groups is 2. The van der Waals surface area contributed by atoms with Gasteiger partial charge in [-0.15, -0.1) is 0 Å². The first-order chi connectivity index (χ1) is 15.2. The first-order valence-electron chi connectivity index (χ1n) is 9.96. The molecule has 0 atom stereocenters. The third-order valence-electron chi connectivity index (χ3n) is 4.68. The maximum Gasteiger partial charge on any atom is 0.338 e. The second-order valence-electron chi connectivity index (χ2n) is 7.49. The van der Waals surface area contributed by atoms with Crippen molar-refractivity contribution in [3.8, 4) is 22.6 Å². The SMILES string of the molecule is C=C(C)C(=O)Oc1ccc(Cc2ccc(-c3ccc(OC(=O)C(=C)C)cc3)cc2F)cc1. The van der Waals surface area contributed by atoms with Crippen molar-refractivity contribution in [1.29, 1.82) is 0 Å². The van der Waals surface area contributed by atoms with Gasteiger partial charge in [0.2, 0.25) is 0 Å². The van der Waals surface area contributed by atoms with Crippen molar-refractivity contribution in [1.82, 2.24) is 0 Å². The lowest BCUT2D eigenvalue weighted by molar-refractivity contribution is -0.130. The number of halogens is 1. The van der Waals surface area contributed by atoms with Crippen LogP contribution in [0.25, 0.3) is 11.1 Å². The lowest BCUT2D eigenvalue weighted by atomic mass is 9.99. The summed E-state index contributed by atoms with van der Waals surface area (Å²) in [4.78, 5) is 23.2. The Morgan fingerprint density at radius 2 is 1.22 bits per heavy atom. The lowest BCUT2D eigenvalue weighted by Gasteiger charge is -2.09. The number of hydrogen-bond donors (Lipinski definition) is 0. The summed E-state index contributed by atoms with van der Waals surface area (Å²) < 4.78 is 25.1. The van der Waals surface area contributed by atoms with Gasteiger partial charge in [0.05, 0.1) is 0 Å². The van der Waals surface area contributed by atoms with Crippen LogP contribution in [-0.4, -0.2) is 11.9 Å². The molecule has 0 N–H and O–H groups in total. The largest absolute Gasteiger partial charge is 0.423 e. The van der Waals surface area contributed by atoms with Gasteiger partial charge in [0, 0.05) is 17.6 Å². The van der Waals surface area contributed by atoms with Gasteiger partial charge in [-0.25, -0.2) is 14.0 Å². The standard InChI is InChI=1S/C27H23FO4/c1-17(2)26(29)31-23-11-5-19(6-12-23)15-22-8-7-21(16-25(22)28)20-9-13-24(14-10-20)32-27(30)18(3)4/h5-14,16H,1,3,15H2,2,4H3. The molecule has 0 aliphatic heterocycles. The quantitative estimate of drug-likeness (QED) is 0.260. The second kappa shape index (κ2) is 9.88. The van der Waals surface area contributed by atoms with Crippen LogP contribution in [0.4, 0.5) is 4.39 Å². The van der Waals surface area contributed by atoms with Crippen molar-refractivity contribution in [2.24, 2.45) is 0 Å². The zero-order chi connectivity index (χ0) is 23.3. The van der Waals surface area contributed by atoms with Crippen LogP contribution in [0, 0.1) is 5.82 Å². The van der Waals surface area contributed by atoms with Gasteiger partial charge in [-0.1, -0.05) is 49.6 Å². The van der Waals surface area contributed by atoms with Crippen LogP contribution in [0.1, 0.15) is 25.0 Å². The predicted octanol–water partition coefficient (Wildman–Crippen LogP) is 6.05. The van der Waals surface area contributed by atoms with Gasteiger partial charge < -0.3 is 9.47 Å². The maximum atomic E-state index is 14.7. The monoisotopic (exact) mass is 430 g/mol. The fourth-order valence-electron chi connectivity index (χ4n) is 2.87. The van der Waals surface area contributed by atoms with Crippen molar-refractivity contribution in [2.45, 2.75) is 20.3 Å². The van der Waals surface area contributed by atoms with E-state index in [1.807, 2.05) is 6.07 Å². The number of ether oxygens (including phenoxy) is 2. The molecular weight excluding hydrogens is 407 g/mol. The van der Waals surface area contributed by atoms with Crippen molar-refractivity contribution in [3.63, 3.8) is 0 Å². The minimum atomic E-state index is -0.491. The Labute approximate surface area is 186 Å². The fraction of sp³-hybridized carbons (Fsp3) is 0.111. The highest BCUT2D eigenvalue weighted by molar-refractivity contribution is 5.89. The van der Waals surface area contributed by atoms with Crippen LogP contribution in [0.5, 0.6) is 11.5 Å². The Morgan fingerprint density at radius 3 is 1.69 bits per heavy atom. The van der Waals surface area contributed by atoms with Gasteiger partial charge in [-0.3, -0.25) is 0 Å². The second-order valence-corrected chi connectivity index (χ2v) is 7.49. The molecule has 0 spiro atoms. The van der Waals surface area contributed by atoms with E-state index in [2.05, 4.69) is 13.2 Å². The molecule has 5 heteroatoms. The molecule has 162 valence electrons. The smallest absolute Gasteiger partial charge is 0.338 e. The summed E-state index contributed by atoms with van der Waals surface area (Å²) in [5.74, 6) is -0.485. The summed E-state index contributed by atoms with van der Waals surface area (Å²) in [6.45, 7) is 10.2. The zero-order valence-electron chi connectivity index (χ0n) is 18.0. The maximum absolute atomic E-state index is 14.7. The minimum absolute atomic E-state index is 0.314. The molecule has 4 nitrogen and oxygen atoms in total. The molecule has 0 saturated heterocycles. The summed E-state index contributed by atoms with van der Waals surface area (Å²) >= 11 is 0. The van der Waals surface area contributed by atoms with Gasteiger partial charge in [0.15, 0.2) is 0 Å². The van der Waals surface area contributed by atoms with Crippen molar-refractivity contribution in [2.75, 3.05) is 0 Å². The van der Waals surface area contributed by atoms with Crippen LogP contribution in [-0.2, 0) is 16.0 Å². The number of esters is 2. The molecular formula is C27H23FO4. The van der Waals surface area contributed by atoms with Crippen LogP contribution in [0.15, 0.2) is 91.0 Å². The highest BCUT2D eigenvalue weighted by atomic mass is 19.1. The number of rotatable bonds is 7. The highest BCUT2D eigenvalue weighted by Gasteiger charge is 2.10. The molecule has 3 aromatic carbocycles. The van der Waals surface area contributed by atoms with E-state index >= 15 is 0 Å². The first kappa shape index (κ1) is 22.7. The Bertz CT molecular complexity index is 1180. The van der Waals surface area contributed by atoms with Crippen molar-refractivity contribution < 1.29 is 23.5 Å². The summed E-state index contributed by atoms with van der Waals surface area (Å²) in [6, 6.07) is 18.8. The molecule has 0 radical (unpaired) electrons. The molecule has 3 rings (SSSR count). The van der Waals surface area contributed by atoms with Crippen molar-refractivity contribution >= 4 is 11.9 Å². The van der Waals surface area contributed by atoms with Crippen molar-refractivity contribution in [3.05, 3.63) is 108 Å². The third kappa shape index (κ3) is 5.79. The first-order valence-corrected chi connectivity index (χ1v) is 9.96. The number of carbonyl (C=O) groups excluding carboxylic acids is 2. The van der Waals surface area contributed by atoms with Gasteiger partial charge >= 0.3 is 11.9 Å². The Kier molecular flexibility index (Phi) is 7.00. The van der Waals surface area contributed by atoms with E-state index in [1.54, 1.807) is 68.4 Å². The van der Waals surface area contributed by atoms with Crippen LogP contribution >= 0.6 is 0 Å². The van der Waals surface area contributed by atoms with E-state index in [0.717, 1.165) is 11.1 Å². The van der Waals surface area contributed by atoms with Gasteiger partial charge in [-0.2, -0.15) is 0 Å². The summed E-state index contributed by atoms with van der Waals surface area (Å²) in [5, 5.41) is 0. The minimum Gasteiger partial charge on any atom is -0.423 e. The lowest BCUT2D eigenvalue weighted by Crippen LogP contribution is -2.08. The molecule has 0 fully saturated rings. The summed E-state index contributed by atoms with van der Waals surface area (Å²) in [7, 11) is 0. The van der Waals surface area contributed by atoms with E-state index in [1.165, 1.54) is 6.07 Å². The normalized spacial score (nSPS) is 10.3. The van der Waals surface area contributed by atoms with Crippen LogP contribution < -0.4 is 9.47 Å². The van der Waals surface area contributed by atoms with E-state index in [-0.39, 0.29) is 5.82 Å². The Hall–Kier alpha value is -3.99. The van der Waals surface area contributed by atoms with E-state index in [9.17, 15) is 14.0 Å². The van der Waals surface area contributed by atoms with Crippen LogP contribution in [0.3, 0.4) is 0 Å². The molecule has 32 heavy (non-hydrogen) atoms. The molecule has 0 bridgehead atoms. The van der Waals surface area contributed by atoms with E-state index in [0.29, 0.717) is 40.2 Å². The molecule has 0 heterocycles. The zero-order valence-corrected chi connectivity index (χ0v) is 18.0. The fourth-order valence-corrected chi connectivity index (χ4v) is 2.87. The average Bonchev–Trinajstić information content (AvgIpc) is 2.76. The van der Waals surface area contributed by atoms with Gasteiger partial charge in [0.1, 0.15) is 17.3 Å². The highest BCUT2D eigenvalue weighted by Crippen LogP contribution is 2.26. The molecule has 0 saturated carbocycles. The van der Waals surface area contributed by atoms with E-state index in [4.69, 9.17) is 9.47 Å². The molecule has 0 unspecified atom stereocenters. The van der Waals surface area contributed by atoms with Crippen LogP contribution in [0.2, 0.25) is 0 Å².